The number of β-amino-alcohol motifs (C(OH)–C–C–N with tert-alkyl or cyclic N) is 1. The zero-order valence-corrected chi connectivity index (χ0v) is 12.6. The first-order chi connectivity index (χ1) is 9.15. The van der Waals surface area contributed by atoms with Crippen molar-refractivity contribution in [3.05, 3.63) is 16.7 Å². The van der Waals surface area contributed by atoms with Crippen LogP contribution in [-0.2, 0) is 4.74 Å². The molecule has 0 aliphatic carbocycles. The first-order valence-electron chi connectivity index (χ1n) is 6.32. The normalized spacial score (nSPS) is 18.3. The average molecular weight is 331 g/mol. The van der Waals surface area contributed by atoms with Gasteiger partial charge in [-0.15, -0.1) is 5.10 Å². The maximum atomic E-state index is 10.1. The van der Waals surface area contributed by atoms with Gasteiger partial charge in [0, 0.05) is 37.7 Å². The van der Waals surface area contributed by atoms with Crippen LogP contribution in [0.1, 0.15) is 0 Å². The van der Waals surface area contributed by atoms with Crippen LogP contribution >= 0.6 is 15.9 Å². The predicted octanol–water partition coefficient (Wildman–Crippen LogP) is 0.368. The lowest BCUT2D eigenvalue weighted by atomic mass is 10.3. The Balaban J connectivity index is 1.82. The summed E-state index contributed by atoms with van der Waals surface area (Å²) >= 11 is 3.36. The third-order valence-electron chi connectivity index (χ3n) is 3.06. The molecule has 6 nitrogen and oxygen atoms in total. The Labute approximate surface area is 121 Å². The van der Waals surface area contributed by atoms with Gasteiger partial charge >= 0.3 is 0 Å². The van der Waals surface area contributed by atoms with Crippen LogP contribution in [0.15, 0.2) is 16.7 Å². The average Bonchev–Trinajstić information content (AvgIpc) is 2.39. The van der Waals surface area contributed by atoms with E-state index < -0.39 is 6.10 Å². The highest BCUT2D eigenvalue weighted by atomic mass is 79.9. The monoisotopic (exact) mass is 330 g/mol. The van der Waals surface area contributed by atoms with Gasteiger partial charge in [-0.3, -0.25) is 4.90 Å². The van der Waals surface area contributed by atoms with Crippen molar-refractivity contribution >= 4 is 21.7 Å². The minimum absolute atomic E-state index is 0.413. The number of rotatable bonds is 5. The van der Waals surface area contributed by atoms with Gasteiger partial charge in [-0.05, 0) is 22.0 Å². The van der Waals surface area contributed by atoms with Gasteiger partial charge in [0.15, 0.2) is 5.82 Å². The summed E-state index contributed by atoms with van der Waals surface area (Å²) in [6.07, 6.45) is 1.23. The van der Waals surface area contributed by atoms with Crippen LogP contribution in [0.5, 0.6) is 0 Å². The summed E-state index contributed by atoms with van der Waals surface area (Å²) in [4.78, 5) is 4.12. The molecule has 1 unspecified atom stereocenters. The molecule has 1 aliphatic heterocycles. The maximum Gasteiger partial charge on any atom is 0.152 e. The fraction of sp³-hybridized carbons (Fsp3) is 0.667. The topological polar surface area (TPSA) is 61.7 Å². The molecule has 0 amide bonds. The second kappa shape index (κ2) is 7.14. The van der Waals surface area contributed by atoms with Crippen molar-refractivity contribution in [1.29, 1.82) is 0 Å². The van der Waals surface area contributed by atoms with Gasteiger partial charge in [-0.25, -0.2) is 0 Å². The molecule has 1 saturated heterocycles. The molecule has 0 bridgehead atoms. The van der Waals surface area contributed by atoms with E-state index in [9.17, 15) is 5.11 Å². The fourth-order valence-electron chi connectivity index (χ4n) is 2.07. The summed E-state index contributed by atoms with van der Waals surface area (Å²) in [6.45, 7) is 4.46. The van der Waals surface area contributed by atoms with Crippen molar-refractivity contribution < 1.29 is 9.84 Å². The Hall–Kier alpha value is -0.760. The van der Waals surface area contributed by atoms with Crippen LogP contribution in [-0.4, -0.2) is 72.7 Å². The molecule has 1 aromatic rings. The molecule has 2 rings (SSSR count). The number of anilines is 1. The number of ether oxygens (including phenoxy) is 1. The molecule has 1 atom stereocenters. The van der Waals surface area contributed by atoms with Gasteiger partial charge < -0.3 is 14.7 Å². The summed E-state index contributed by atoms with van der Waals surface area (Å²) < 4.78 is 6.17. The summed E-state index contributed by atoms with van der Waals surface area (Å²) in [5.41, 5.74) is 0. The Bertz CT molecular complexity index is 401. The smallest absolute Gasteiger partial charge is 0.152 e. The molecule has 1 aliphatic rings. The number of aromatic nitrogens is 2. The van der Waals surface area contributed by atoms with Gasteiger partial charge in [0.1, 0.15) is 0 Å². The summed E-state index contributed by atoms with van der Waals surface area (Å²) in [5.74, 6) is 0.746. The number of morpholine rings is 1. The fourth-order valence-corrected chi connectivity index (χ4v) is 2.36. The van der Waals surface area contributed by atoms with E-state index in [1.54, 1.807) is 6.20 Å². The molecule has 1 N–H and O–H groups in total. The molecule has 106 valence electrons. The molecular formula is C12H19BrN4O2. The molecule has 0 saturated carbocycles. The molecule has 0 radical (unpaired) electrons. The molecule has 0 aromatic carbocycles. The SMILES string of the molecule is CN(CC(O)CN1CCOCC1)c1cc(Br)cnn1. The van der Waals surface area contributed by atoms with E-state index in [-0.39, 0.29) is 0 Å². The second-order valence-electron chi connectivity index (χ2n) is 4.68. The summed E-state index contributed by atoms with van der Waals surface area (Å²) in [5, 5.41) is 18.0. The number of hydrogen-bond donors (Lipinski definition) is 1. The molecule has 7 heteroatoms. The van der Waals surface area contributed by atoms with Crippen LogP contribution in [0.2, 0.25) is 0 Å². The standard InChI is InChI=1S/C12H19BrN4O2/c1-16(12-6-10(13)7-14-15-12)8-11(18)9-17-2-4-19-5-3-17/h6-7,11,18H,2-5,8-9H2,1H3. The quantitative estimate of drug-likeness (QED) is 0.841. The molecule has 19 heavy (non-hydrogen) atoms. The molecular weight excluding hydrogens is 312 g/mol. The number of aliphatic hydroxyl groups is 1. The van der Waals surface area contributed by atoms with E-state index in [4.69, 9.17) is 4.74 Å². The van der Waals surface area contributed by atoms with Gasteiger partial charge in [0.2, 0.25) is 0 Å². The number of hydrogen-bond acceptors (Lipinski definition) is 6. The lowest BCUT2D eigenvalue weighted by Gasteiger charge is -2.30. The van der Waals surface area contributed by atoms with E-state index in [1.807, 2.05) is 18.0 Å². The Morgan fingerprint density at radius 3 is 2.95 bits per heavy atom. The van der Waals surface area contributed by atoms with E-state index in [0.717, 1.165) is 36.6 Å². The van der Waals surface area contributed by atoms with Crippen LogP contribution in [0.3, 0.4) is 0 Å². The zero-order chi connectivity index (χ0) is 13.7. The highest BCUT2D eigenvalue weighted by molar-refractivity contribution is 9.10. The molecule has 1 fully saturated rings. The van der Waals surface area contributed by atoms with Gasteiger partial charge in [0.05, 0.1) is 25.5 Å². The minimum Gasteiger partial charge on any atom is -0.390 e. The minimum atomic E-state index is -0.413. The van der Waals surface area contributed by atoms with E-state index in [2.05, 4.69) is 31.0 Å². The predicted molar refractivity (Wildman–Crippen MR) is 76.3 cm³/mol. The third-order valence-corrected chi connectivity index (χ3v) is 3.49. The van der Waals surface area contributed by atoms with Crippen LogP contribution in [0.25, 0.3) is 0 Å². The number of aliphatic hydroxyl groups excluding tert-OH is 1. The number of halogens is 1. The maximum absolute atomic E-state index is 10.1. The lowest BCUT2D eigenvalue weighted by molar-refractivity contribution is 0.0162. The Morgan fingerprint density at radius 1 is 1.53 bits per heavy atom. The largest absolute Gasteiger partial charge is 0.390 e. The van der Waals surface area contributed by atoms with Gasteiger partial charge in [-0.2, -0.15) is 5.10 Å². The van der Waals surface area contributed by atoms with Crippen molar-refractivity contribution in [3.63, 3.8) is 0 Å². The van der Waals surface area contributed by atoms with Crippen molar-refractivity contribution in [2.45, 2.75) is 6.10 Å². The van der Waals surface area contributed by atoms with Gasteiger partial charge in [-0.1, -0.05) is 0 Å². The second-order valence-corrected chi connectivity index (χ2v) is 5.59. The van der Waals surface area contributed by atoms with Crippen LogP contribution in [0, 0.1) is 0 Å². The lowest BCUT2D eigenvalue weighted by Crippen LogP contribution is -2.44. The van der Waals surface area contributed by atoms with E-state index in [1.165, 1.54) is 0 Å². The summed E-state index contributed by atoms with van der Waals surface area (Å²) in [6, 6.07) is 1.88. The molecule has 0 spiro atoms. The Morgan fingerprint density at radius 2 is 2.26 bits per heavy atom. The summed E-state index contributed by atoms with van der Waals surface area (Å²) in [7, 11) is 1.90. The first-order valence-corrected chi connectivity index (χ1v) is 7.12. The van der Waals surface area contributed by atoms with Crippen molar-refractivity contribution in [2.24, 2.45) is 0 Å². The molecule has 2 heterocycles. The zero-order valence-electron chi connectivity index (χ0n) is 11.0. The van der Waals surface area contributed by atoms with Gasteiger partial charge in [0.25, 0.3) is 0 Å². The van der Waals surface area contributed by atoms with E-state index in [0.29, 0.717) is 13.1 Å². The number of nitrogens with zero attached hydrogens (tertiary/aromatic N) is 4. The van der Waals surface area contributed by atoms with Crippen molar-refractivity contribution in [1.82, 2.24) is 15.1 Å². The highest BCUT2D eigenvalue weighted by Crippen LogP contribution is 2.14. The van der Waals surface area contributed by atoms with Crippen LogP contribution < -0.4 is 4.90 Å². The van der Waals surface area contributed by atoms with Crippen molar-refractivity contribution in [2.75, 3.05) is 51.3 Å². The first kappa shape index (κ1) is 14.6. The van der Waals surface area contributed by atoms with Crippen LogP contribution in [0.4, 0.5) is 5.82 Å². The van der Waals surface area contributed by atoms with E-state index >= 15 is 0 Å². The Kier molecular flexibility index (Phi) is 5.50. The van der Waals surface area contributed by atoms with Crippen molar-refractivity contribution in [3.8, 4) is 0 Å². The number of likely N-dealkylation sites (N-methyl/N-ethyl adjacent to an activating group) is 1. The highest BCUT2D eigenvalue weighted by Gasteiger charge is 2.16. The third kappa shape index (κ3) is 4.68. The molecule has 1 aromatic heterocycles.